The largest absolute Gasteiger partial charge is 0.493 e. The Labute approximate surface area is 152 Å². The van der Waals surface area contributed by atoms with E-state index in [0.717, 1.165) is 11.6 Å². The van der Waals surface area contributed by atoms with E-state index in [1.807, 2.05) is 19.1 Å². The molecule has 0 saturated carbocycles. The van der Waals surface area contributed by atoms with Crippen molar-refractivity contribution < 1.29 is 18.3 Å². The van der Waals surface area contributed by atoms with Gasteiger partial charge in [0.25, 0.3) is 5.91 Å². The second-order valence-electron chi connectivity index (χ2n) is 6.25. The molecule has 0 atom stereocenters. The van der Waals surface area contributed by atoms with E-state index in [9.17, 15) is 13.6 Å². The lowest BCUT2D eigenvalue weighted by molar-refractivity contribution is 0.0624. The third kappa shape index (κ3) is 4.19. The molecule has 1 saturated heterocycles. The van der Waals surface area contributed by atoms with Gasteiger partial charge in [0.15, 0.2) is 11.6 Å². The number of piperazine rings is 1. The molecule has 2 aromatic rings. The number of para-hydroxylation sites is 1. The van der Waals surface area contributed by atoms with E-state index < -0.39 is 11.6 Å². The Bertz CT molecular complexity index is 774. The summed E-state index contributed by atoms with van der Waals surface area (Å²) in [5.74, 6) is -1.10. The number of benzene rings is 2. The van der Waals surface area contributed by atoms with Gasteiger partial charge in [-0.3, -0.25) is 9.69 Å². The SMILES string of the molecule is CCOc1ccccc1C(=O)N1CCN(Cc2ccc(F)c(F)c2)CC1. The molecule has 138 valence electrons. The molecule has 1 aliphatic rings. The Balaban J connectivity index is 1.59. The van der Waals surface area contributed by atoms with E-state index in [1.54, 1.807) is 23.1 Å². The maximum absolute atomic E-state index is 13.3. The molecule has 0 bridgehead atoms. The van der Waals surface area contributed by atoms with Crippen LogP contribution in [-0.2, 0) is 6.54 Å². The molecule has 6 heteroatoms. The predicted octanol–water partition coefficient (Wildman–Crippen LogP) is 3.32. The first kappa shape index (κ1) is 18.3. The van der Waals surface area contributed by atoms with Crippen molar-refractivity contribution in [1.82, 2.24) is 9.80 Å². The lowest BCUT2D eigenvalue weighted by atomic mass is 10.1. The van der Waals surface area contributed by atoms with E-state index in [-0.39, 0.29) is 5.91 Å². The van der Waals surface area contributed by atoms with Crippen LogP contribution in [0.3, 0.4) is 0 Å². The fourth-order valence-electron chi connectivity index (χ4n) is 3.10. The zero-order chi connectivity index (χ0) is 18.5. The summed E-state index contributed by atoms with van der Waals surface area (Å²) in [7, 11) is 0. The van der Waals surface area contributed by atoms with E-state index in [0.29, 0.717) is 50.6 Å². The third-order valence-electron chi connectivity index (χ3n) is 4.47. The van der Waals surface area contributed by atoms with Gasteiger partial charge in [-0.05, 0) is 36.8 Å². The molecule has 1 fully saturated rings. The Hall–Kier alpha value is -2.47. The van der Waals surface area contributed by atoms with Crippen molar-refractivity contribution in [2.45, 2.75) is 13.5 Å². The summed E-state index contributed by atoms with van der Waals surface area (Å²) in [4.78, 5) is 16.7. The second-order valence-corrected chi connectivity index (χ2v) is 6.25. The summed E-state index contributed by atoms with van der Waals surface area (Å²) < 4.78 is 31.9. The van der Waals surface area contributed by atoms with Gasteiger partial charge >= 0.3 is 0 Å². The van der Waals surface area contributed by atoms with Gasteiger partial charge in [0.05, 0.1) is 12.2 Å². The van der Waals surface area contributed by atoms with Crippen LogP contribution < -0.4 is 4.74 Å². The van der Waals surface area contributed by atoms with Crippen LogP contribution in [0.2, 0.25) is 0 Å². The van der Waals surface area contributed by atoms with Gasteiger partial charge in [-0.15, -0.1) is 0 Å². The molecule has 4 nitrogen and oxygen atoms in total. The van der Waals surface area contributed by atoms with E-state index in [2.05, 4.69) is 4.90 Å². The number of amides is 1. The van der Waals surface area contributed by atoms with Gasteiger partial charge in [0.1, 0.15) is 5.75 Å². The van der Waals surface area contributed by atoms with Crippen molar-refractivity contribution in [3.63, 3.8) is 0 Å². The van der Waals surface area contributed by atoms with Gasteiger partial charge in [-0.25, -0.2) is 8.78 Å². The highest BCUT2D eigenvalue weighted by Crippen LogP contribution is 2.21. The maximum Gasteiger partial charge on any atom is 0.257 e. The zero-order valence-electron chi connectivity index (χ0n) is 14.8. The lowest BCUT2D eigenvalue weighted by Crippen LogP contribution is -2.48. The van der Waals surface area contributed by atoms with E-state index in [4.69, 9.17) is 4.74 Å². The zero-order valence-corrected chi connectivity index (χ0v) is 14.8. The van der Waals surface area contributed by atoms with Gasteiger partial charge < -0.3 is 9.64 Å². The summed E-state index contributed by atoms with van der Waals surface area (Å²) in [6.45, 7) is 5.47. The van der Waals surface area contributed by atoms with Crippen molar-refractivity contribution in [3.05, 3.63) is 65.2 Å². The first-order chi connectivity index (χ1) is 12.6. The molecule has 3 rings (SSSR count). The van der Waals surface area contributed by atoms with Crippen LogP contribution in [-0.4, -0.2) is 48.5 Å². The standard InChI is InChI=1S/C20H22F2N2O2/c1-2-26-19-6-4-3-5-16(19)20(25)24-11-9-23(10-12-24)14-15-7-8-17(21)18(22)13-15/h3-8,13H,2,9-12,14H2,1H3. The molecule has 0 aliphatic carbocycles. The topological polar surface area (TPSA) is 32.8 Å². The highest BCUT2D eigenvalue weighted by molar-refractivity contribution is 5.97. The quantitative estimate of drug-likeness (QED) is 0.820. The first-order valence-electron chi connectivity index (χ1n) is 8.76. The Morgan fingerprint density at radius 1 is 1.04 bits per heavy atom. The minimum Gasteiger partial charge on any atom is -0.493 e. The van der Waals surface area contributed by atoms with Crippen LogP contribution in [0.15, 0.2) is 42.5 Å². The van der Waals surface area contributed by atoms with Crippen LogP contribution >= 0.6 is 0 Å². The number of nitrogens with zero attached hydrogens (tertiary/aromatic N) is 2. The normalized spacial score (nSPS) is 15.1. The van der Waals surface area contributed by atoms with E-state index in [1.165, 1.54) is 6.07 Å². The molecular weight excluding hydrogens is 338 g/mol. The lowest BCUT2D eigenvalue weighted by Gasteiger charge is -2.35. The average Bonchev–Trinajstić information content (AvgIpc) is 2.66. The molecule has 26 heavy (non-hydrogen) atoms. The van der Waals surface area contributed by atoms with Crippen molar-refractivity contribution >= 4 is 5.91 Å². The smallest absolute Gasteiger partial charge is 0.257 e. The van der Waals surface area contributed by atoms with Crippen LogP contribution in [0.4, 0.5) is 8.78 Å². The molecule has 0 radical (unpaired) electrons. The summed E-state index contributed by atoms with van der Waals surface area (Å²) in [5.41, 5.74) is 1.30. The summed E-state index contributed by atoms with van der Waals surface area (Å²) in [6, 6.07) is 11.2. The van der Waals surface area contributed by atoms with Gasteiger partial charge in [-0.1, -0.05) is 18.2 Å². The van der Waals surface area contributed by atoms with Crippen molar-refractivity contribution in [2.75, 3.05) is 32.8 Å². The number of halogens is 2. The van der Waals surface area contributed by atoms with Crippen LogP contribution in [0.1, 0.15) is 22.8 Å². The average molecular weight is 360 g/mol. The Morgan fingerprint density at radius 2 is 1.77 bits per heavy atom. The minimum atomic E-state index is -0.836. The fraction of sp³-hybridized carbons (Fsp3) is 0.350. The number of carbonyl (C=O) groups is 1. The molecule has 0 spiro atoms. The predicted molar refractivity (Wildman–Crippen MR) is 95.1 cm³/mol. The molecule has 0 N–H and O–H groups in total. The van der Waals surface area contributed by atoms with Crippen molar-refractivity contribution in [2.24, 2.45) is 0 Å². The highest BCUT2D eigenvalue weighted by Gasteiger charge is 2.24. The van der Waals surface area contributed by atoms with Crippen LogP contribution in [0, 0.1) is 11.6 Å². The van der Waals surface area contributed by atoms with Crippen LogP contribution in [0.5, 0.6) is 5.75 Å². The van der Waals surface area contributed by atoms with Crippen molar-refractivity contribution in [3.8, 4) is 5.75 Å². The monoisotopic (exact) mass is 360 g/mol. The molecule has 1 heterocycles. The molecule has 2 aromatic carbocycles. The number of ether oxygens (including phenoxy) is 1. The number of hydrogen-bond donors (Lipinski definition) is 0. The number of hydrogen-bond acceptors (Lipinski definition) is 3. The molecular formula is C20H22F2N2O2. The van der Waals surface area contributed by atoms with E-state index >= 15 is 0 Å². The summed E-state index contributed by atoms with van der Waals surface area (Å²) >= 11 is 0. The van der Waals surface area contributed by atoms with Gasteiger partial charge in [0.2, 0.25) is 0 Å². The first-order valence-corrected chi connectivity index (χ1v) is 8.76. The maximum atomic E-state index is 13.3. The van der Waals surface area contributed by atoms with Crippen LogP contribution in [0.25, 0.3) is 0 Å². The Morgan fingerprint density at radius 3 is 2.46 bits per heavy atom. The minimum absolute atomic E-state index is 0.0403. The second kappa shape index (κ2) is 8.27. The van der Waals surface area contributed by atoms with Gasteiger partial charge in [0, 0.05) is 32.7 Å². The summed E-state index contributed by atoms with van der Waals surface area (Å²) in [6.07, 6.45) is 0. The summed E-state index contributed by atoms with van der Waals surface area (Å²) in [5, 5.41) is 0. The molecule has 0 unspecified atom stereocenters. The fourth-order valence-corrected chi connectivity index (χ4v) is 3.10. The Kier molecular flexibility index (Phi) is 5.83. The highest BCUT2D eigenvalue weighted by atomic mass is 19.2. The third-order valence-corrected chi connectivity index (χ3v) is 4.47. The molecule has 1 amide bonds. The van der Waals surface area contributed by atoms with Gasteiger partial charge in [-0.2, -0.15) is 0 Å². The number of carbonyl (C=O) groups excluding carboxylic acids is 1. The molecule has 0 aromatic heterocycles. The number of rotatable bonds is 5. The van der Waals surface area contributed by atoms with Crippen molar-refractivity contribution in [1.29, 1.82) is 0 Å². The molecule has 1 aliphatic heterocycles.